The van der Waals surface area contributed by atoms with E-state index in [9.17, 15) is 22.4 Å². The molecule has 2 amide bonds. The van der Waals surface area contributed by atoms with Gasteiger partial charge in [-0.05, 0) is 119 Å². The van der Waals surface area contributed by atoms with Gasteiger partial charge in [-0.25, -0.2) is 17.6 Å². The second-order valence-electron chi connectivity index (χ2n) is 17.5. The molecule has 1 aliphatic carbocycles. The number of amides is 2. The maximum absolute atomic E-state index is 15.0. The number of hydrogen-bond acceptors (Lipinski definition) is 9. The molecule has 6 aliphatic rings. The fourth-order valence-corrected chi connectivity index (χ4v) is 12.6. The number of anilines is 1. The van der Waals surface area contributed by atoms with Crippen molar-refractivity contribution in [2.24, 2.45) is 17.8 Å². The quantitative estimate of drug-likeness (QED) is 0.276. The van der Waals surface area contributed by atoms with Crippen LogP contribution >= 0.6 is 0 Å². The molecule has 310 valence electrons. The van der Waals surface area contributed by atoms with E-state index in [1.54, 1.807) is 29.2 Å². The third-order valence-corrected chi connectivity index (χ3v) is 16.2. The van der Waals surface area contributed by atoms with Gasteiger partial charge >= 0.3 is 6.09 Å². The predicted molar refractivity (Wildman–Crippen MR) is 219 cm³/mol. The summed E-state index contributed by atoms with van der Waals surface area (Å²) >= 11 is 0. The van der Waals surface area contributed by atoms with Crippen molar-refractivity contribution < 1.29 is 27.1 Å². The van der Waals surface area contributed by atoms with Crippen LogP contribution in [0.3, 0.4) is 0 Å². The highest BCUT2D eigenvalue weighted by Crippen LogP contribution is 2.54. The van der Waals surface area contributed by atoms with Crippen LogP contribution in [0.2, 0.25) is 0 Å². The summed E-state index contributed by atoms with van der Waals surface area (Å²) in [6.07, 6.45) is 12.9. The summed E-state index contributed by atoms with van der Waals surface area (Å²) in [4.78, 5) is 36.9. The van der Waals surface area contributed by atoms with Crippen LogP contribution < -0.4 is 10.2 Å². The van der Waals surface area contributed by atoms with E-state index in [2.05, 4.69) is 31.0 Å². The Morgan fingerprint density at radius 2 is 1.60 bits per heavy atom. The summed E-state index contributed by atoms with van der Waals surface area (Å²) in [6, 6.07) is 14.5. The molecule has 11 nitrogen and oxygen atoms in total. The number of benzene rings is 2. The summed E-state index contributed by atoms with van der Waals surface area (Å²) in [5, 5.41) is 2.61. The number of likely N-dealkylation sites (tertiary alicyclic amines) is 4. The first-order chi connectivity index (χ1) is 27.6. The molecule has 5 aliphatic heterocycles. The van der Waals surface area contributed by atoms with Gasteiger partial charge in [-0.3, -0.25) is 14.6 Å². The number of hydrogen-bond donors (Lipinski definition) is 1. The molecule has 1 saturated carbocycles. The fourth-order valence-electron chi connectivity index (χ4n) is 10.9. The number of ether oxygens (including phenoxy) is 1. The lowest BCUT2D eigenvalue weighted by atomic mass is 9.62. The number of nitrogens with zero attached hydrogens (tertiary/aromatic N) is 5. The number of carbonyl (C=O) groups excluding carboxylic acids is 2. The summed E-state index contributed by atoms with van der Waals surface area (Å²) in [7, 11) is -2.10. The monoisotopic (exact) mass is 804 g/mol. The second-order valence-corrected chi connectivity index (χ2v) is 19.7. The number of piperidine rings is 2. The highest BCUT2D eigenvalue weighted by atomic mass is 32.2. The number of methoxy groups -OCH3 is 1. The Morgan fingerprint density at radius 3 is 2.26 bits per heavy atom. The molecule has 2 aromatic rings. The molecule has 8 rings (SSSR count). The van der Waals surface area contributed by atoms with Gasteiger partial charge in [0.1, 0.15) is 11.1 Å². The van der Waals surface area contributed by atoms with Crippen molar-refractivity contribution in [3.8, 4) is 0 Å². The minimum Gasteiger partial charge on any atom is -0.453 e. The zero-order chi connectivity index (χ0) is 39.6. The van der Waals surface area contributed by atoms with Gasteiger partial charge in [0.25, 0.3) is 0 Å². The van der Waals surface area contributed by atoms with E-state index in [1.807, 2.05) is 24.3 Å². The van der Waals surface area contributed by atoms with Crippen molar-refractivity contribution in [3.63, 3.8) is 0 Å². The van der Waals surface area contributed by atoms with Crippen LogP contribution in [0.1, 0.15) is 63.4 Å². The Morgan fingerprint density at radius 1 is 0.860 bits per heavy atom. The molecule has 2 aromatic carbocycles. The van der Waals surface area contributed by atoms with Gasteiger partial charge in [0, 0.05) is 82.0 Å². The summed E-state index contributed by atoms with van der Waals surface area (Å²) < 4.78 is 46.8. The summed E-state index contributed by atoms with van der Waals surface area (Å²) in [5.41, 5.74) is 1.74. The second kappa shape index (κ2) is 17.4. The molecular formula is C44H61FN6O5S. The molecule has 5 heterocycles. The van der Waals surface area contributed by atoms with Crippen LogP contribution in [-0.4, -0.2) is 137 Å². The van der Waals surface area contributed by atoms with Crippen molar-refractivity contribution in [2.45, 2.75) is 79.5 Å². The third-order valence-electron chi connectivity index (χ3n) is 14.1. The van der Waals surface area contributed by atoms with Crippen molar-refractivity contribution in [1.29, 1.82) is 0 Å². The van der Waals surface area contributed by atoms with Gasteiger partial charge in [0.2, 0.25) is 5.91 Å². The number of alkyl carbamates (subject to hydrolysis) is 1. The maximum atomic E-state index is 15.0. The van der Waals surface area contributed by atoms with E-state index < -0.39 is 21.2 Å². The topological polar surface area (TPSA) is 106 Å². The highest BCUT2D eigenvalue weighted by Gasteiger charge is 2.56. The van der Waals surface area contributed by atoms with Gasteiger partial charge in [0.15, 0.2) is 9.84 Å². The molecule has 6 fully saturated rings. The van der Waals surface area contributed by atoms with Crippen LogP contribution in [-0.2, 0) is 24.9 Å². The fraction of sp³-hybridized carbons (Fsp3) is 0.636. The van der Waals surface area contributed by atoms with E-state index in [0.29, 0.717) is 16.7 Å². The van der Waals surface area contributed by atoms with E-state index in [4.69, 9.17) is 4.74 Å². The lowest BCUT2D eigenvalue weighted by Gasteiger charge is -2.59. The van der Waals surface area contributed by atoms with Gasteiger partial charge in [-0.2, -0.15) is 0 Å². The average Bonchev–Trinajstić information content (AvgIpc) is 3.62. The molecule has 57 heavy (non-hydrogen) atoms. The normalized spacial score (nSPS) is 25.8. The molecule has 1 N–H and O–H groups in total. The van der Waals surface area contributed by atoms with Gasteiger partial charge in [-0.15, -0.1) is 0 Å². The zero-order valence-electron chi connectivity index (χ0n) is 33.6. The molecule has 0 radical (unpaired) electrons. The molecule has 5 saturated heterocycles. The molecule has 0 spiro atoms. The number of sulfone groups is 1. The van der Waals surface area contributed by atoms with E-state index in [-0.39, 0.29) is 42.3 Å². The smallest absolute Gasteiger partial charge is 0.407 e. The van der Waals surface area contributed by atoms with E-state index in [0.717, 1.165) is 115 Å². The molecule has 0 aromatic heterocycles. The van der Waals surface area contributed by atoms with Crippen molar-refractivity contribution >= 4 is 27.5 Å². The van der Waals surface area contributed by atoms with Crippen LogP contribution in [0.4, 0.5) is 14.9 Å². The summed E-state index contributed by atoms with van der Waals surface area (Å²) in [6.45, 7) is 10.2. The van der Waals surface area contributed by atoms with E-state index in [1.165, 1.54) is 32.4 Å². The van der Waals surface area contributed by atoms with Crippen LogP contribution in [0.15, 0.2) is 65.6 Å². The van der Waals surface area contributed by atoms with Crippen LogP contribution in [0.5, 0.6) is 0 Å². The first kappa shape index (κ1) is 40.3. The molecule has 13 heteroatoms. The number of nitrogens with one attached hydrogen (secondary N) is 1. The van der Waals surface area contributed by atoms with Crippen LogP contribution in [0, 0.1) is 23.6 Å². The Labute approximate surface area is 338 Å². The first-order valence-corrected chi connectivity index (χ1v) is 23.0. The molecule has 1 unspecified atom stereocenters. The minimum atomic E-state index is -3.52. The summed E-state index contributed by atoms with van der Waals surface area (Å²) in [5.74, 6) is 0.723. The van der Waals surface area contributed by atoms with Crippen LogP contribution in [0.25, 0.3) is 0 Å². The molecule has 0 bridgehead atoms. The lowest BCUT2D eigenvalue weighted by molar-refractivity contribution is -0.129. The number of rotatable bonds is 13. The van der Waals surface area contributed by atoms with Gasteiger partial charge < -0.3 is 24.8 Å². The first-order valence-electron chi connectivity index (χ1n) is 21.5. The van der Waals surface area contributed by atoms with Gasteiger partial charge in [-0.1, -0.05) is 31.1 Å². The zero-order valence-corrected chi connectivity index (χ0v) is 34.4. The van der Waals surface area contributed by atoms with Crippen molar-refractivity contribution in [2.75, 3.05) is 90.5 Å². The maximum Gasteiger partial charge on any atom is 0.407 e. The van der Waals surface area contributed by atoms with E-state index >= 15 is 0 Å². The van der Waals surface area contributed by atoms with Crippen molar-refractivity contribution in [3.05, 3.63) is 72.1 Å². The Kier molecular flexibility index (Phi) is 12.3. The number of carbonyl (C=O) groups is 2. The Bertz CT molecular complexity index is 1850. The third kappa shape index (κ3) is 8.36. The Balaban J connectivity index is 0.835. The number of halogens is 1. The molecule has 3 atom stereocenters. The SMILES string of the molecule is COC(=O)N[C@H]1CCC[C@@H]1C(c1cccc(F)c1)(C1CCN(CC2CN(c3ccc(S(=O)(=O)C4CN(C(=O)/C=C/CN5CCCCC5)C4)cc3)C2)CC1)N1CCC1. The lowest BCUT2D eigenvalue weighted by Crippen LogP contribution is -2.65. The Hall–Kier alpha value is -3.52. The van der Waals surface area contributed by atoms with Crippen molar-refractivity contribution in [1.82, 2.24) is 24.9 Å². The average molecular weight is 805 g/mol. The van der Waals surface area contributed by atoms with Gasteiger partial charge in [0.05, 0.1) is 17.5 Å². The predicted octanol–water partition coefficient (Wildman–Crippen LogP) is 5.13. The minimum absolute atomic E-state index is 0.0182. The molecular weight excluding hydrogens is 744 g/mol. The standard InChI is InChI=1S/C44H61FN6O5S/c1-56-43(53)46-41-12-6-11-40(41)44(51-23-8-24-51,35-9-5-10-36(45)27-35)34-18-25-48(26-19-34)28-33-29-49(30-33)37-14-16-38(17-15-37)57(54,55)39-31-50(32-39)42(52)13-7-22-47-20-3-2-4-21-47/h5,7,9-10,13-17,27,33-34,39-41H,2-4,6,8,11-12,18-26,28-32H2,1H3,(H,46,53)/b13-7+/t40-,41-,44?/m0/s1. The highest BCUT2D eigenvalue weighted by molar-refractivity contribution is 7.92. The largest absolute Gasteiger partial charge is 0.453 e.